The molecule has 1 atom stereocenters. The summed E-state index contributed by atoms with van der Waals surface area (Å²) in [5.41, 5.74) is 0.607. The molecule has 0 radical (unpaired) electrons. The van der Waals surface area contributed by atoms with Gasteiger partial charge < -0.3 is 10.2 Å². The monoisotopic (exact) mass is 226 g/mol. The molecule has 0 aliphatic rings. The molecule has 0 saturated heterocycles. The van der Waals surface area contributed by atoms with Crippen molar-refractivity contribution in [1.29, 1.82) is 0 Å². The fraction of sp³-hybridized carbons (Fsp3) is 0.273. The summed E-state index contributed by atoms with van der Waals surface area (Å²) in [5.74, 6) is -3.71. The molecule has 1 aromatic carbocycles. The first-order chi connectivity index (χ1) is 7.49. The van der Waals surface area contributed by atoms with Crippen LogP contribution < -0.4 is 0 Å². The lowest BCUT2D eigenvalue weighted by Gasteiger charge is -2.09. The Bertz CT molecular complexity index is 385. The lowest BCUT2D eigenvalue weighted by molar-refractivity contribution is -0.148. The van der Waals surface area contributed by atoms with Crippen LogP contribution in [0.25, 0.3) is 0 Å². The quantitative estimate of drug-likeness (QED) is 0.798. The molecule has 0 fully saturated rings. The summed E-state index contributed by atoms with van der Waals surface area (Å²) in [6.45, 7) is 0. The van der Waals surface area contributed by atoms with Gasteiger partial charge in [0.25, 0.3) is 0 Å². The lowest BCUT2D eigenvalue weighted by Crippen LogP contribution is -2.20. The zero-order chi connectivity index (χ0) is 12.1. The summed E-state index contributed by atoms with van der Waals surface area (Å²) in [4.78, 5) is 21.2. The highest BCUT2D eigenvalue weighted by Crippen LogP contribution is 2.13. The highest BCUT2D eigenvalue weighted by molar-refractivity contribution is 5.77. The molecule has 4 nitrogen and oxygen atoms in total. The number of rotatable bonds is 5. The van der Waals surface area contributed by atoms with E-state index >= 15 is 0 Å². The first-order valence-corrected chi connectivity index (χ1v) is 4.68. The van der Waals surface area contributed by atoms with Gasteiger partial charge in [0.15, 0.2) is 0 Å². The maximum Gasteiger partial charge on any atom is 0.307 e. The second-order valence-corrected chi connectivity index (χ2v) is 3.46. The van der Waals surface area contributed by atoms with Crippen LogP contribution in [0.2, 0.25) is 0 Å². The molecule has 0 saturated carbocycles. The third-order valence-corrected chi connectivity index (χ3v) is 2.17. The van der Waals surface area contributed by atoms with E-state index in [4.69, 9.17) is 10.2 Å². The molecular formula is C11H11FO4. The molecular weight excluding hydrogens is 215 g/mol. The van der Waals surface area contributed by atoms with Gasteiger partial charge in [0.1, 0.15) is 5.82 Å². The Labute approximate surface area is 91.3 Å². The van der Waals surface area contributed by atoms with Gasteiger partial charge in [-0.05, 0) is 24.1 Å². The van der Waals surface area contributed by atoms with Crippen molar-refractivity contribution in [3.05, 3.63) is 35.6 Å². The van der Waals surface area contributed by atoms with E-state index in [1.807, 2.05) is 0 Å². The Morgan fingerprint density at radius 3 is 2.19 bits per heavy atom. The SMILES string of the molecule is O=C(O)C[C@H](Cc1ccc(F)cc1)C(=O)O. The highest BCUT2D eigenvalue weighted by Gasteiger charge is 2.21. The van der Waals surface area contributed by atoms with Crippen LogP contribution in [0.5, 0.6) is 0 Å². The number of hydrogen-bond donors (Lipinski definition) is 2. The average molecular weight is 226 g/mol. The number of carboxylic acids is 2. The van der Waals surface area contributed by atoms with E-state index < -0.39 is 30.1 Å². The van der Waals surface area contributed by atoms with E-state index in [1.165, 1.54) is 24.3 Å². The number of carboxylic acid groups (broad SMARTS) is 2. The van der Waals surface area contributed by atoms with Crippen molar-refractivity contribution < 1.29 is 24.2 Å². The molecule has 16 heavy (non-hydrogen) atoms. The van der Waals surface area contributed by atoms with E-state index in [-0.39, 0.29) is 6.42 Å². The molecule has 1 aromatic rings. The Balaban J connectivity index is 2.71. The largest absolute Gasteiger partial charge is 0.481 e. The number of hydrogen-bond acceptors (Lipinski definition) is 2. The maximum atomic E-state index is 12.6. The van der Waals surface area contributed by atoms with Crippen LogP contribution >= 0.6 is 0 Å². The first-order valence-electron chi connectivity index (χ1n) is 4.68. The van der Waals surface area contributed by atoms with Crippen LogP contribution in [-0.4, -0.2) is 22.2 Å². The molecule has 0 spiro atoms. The van der Waals surface area contributed by atoms with Crippen LogP contribution in [0.15, 0.2) is 24.3 Å². The third kappa shape index (κ3) is 3.68. The predicted molar refractivity (Wildman–Crippen MR) is 53.5 cm³/mol. The fourth-order valence-electron chi connectivity index (χ4n) is 1.36. The van der Waals surface area contributed by atoms with E-state index in [1.54, 1.807) is 0 Å². The van der Waals surface area contributed by atoms with Gasteiger partial charge in [-0.15, -0.1) is 0 Å². The van der Waals surface area contributed by atoms with Gasteiger partial charge in [-0.3, -0.25) is 9.59 Å². The smallest absolute Gasteiger partial charge is 0.307 e. The molecule has 2 N–H and O–H groups in total. The van der Waals surface area contributed by atoms with Gasteiger partial charge in [-0.2, -0.15) is 0 Å². The van der Waals surface area contributed by atoms with Crippen molar-refractivity contribution in [2.24, 2.45) is 5.92 Å². The van der Waals surface area contributed by atoms with Gasteiger partial charge in [0.05, 0.1) is 12.3 Å². The van der Waals surface area contributed by atoms with Crippen LogP contribution in [-0.2, 0) is 16.0 Å². The topological polar surface area (TPSA) is 74.6 Å². The Morgan fingerprint density at radius 2 is 1.75 bits per heavy atom. The number of aliphatic carboxylic acids is 2. The fourth-order valence-corrected chi connectivity index (χ4v) is 1.36. The molecule has 5 heteroatoms. The van der Waals surface area contributed by atoms with Gasteiger partial charge in [0.2, 0.25) is 0 Å². The van der Waals surface area contributed by atoms with Crippen LogP contribution in [0, 0.1) is 11.7 Å². The second kappa shape index (κ2) is 5.25. The van der Waals surface area contributed by atoms with Gasteiger partial charge in [-0.1, -0.05) is 12.1 Å². The number of halogens is 1. The Morgan fingerprint density at radius 1 is 1.19 bits per heavy atom. The summed E-state index contributed by atoms with van der Waals surface area (Å²) in [6, 6.07) is 5.34. The van der Waals surface area contributed by atoms with Crippen molar-refractivity contribution in [3.63, 3.8) is 0 Å². The van der Waals surface area contributed by atoms with Crippen molar-refractivity contribution >= 4 is 11.9 Å². The lowest BCUT2D eigenvalue weighted by atomic mass is 9.96. The minimum Gasteiger partial charge on any atom is -0.481 e. The standard InChI is InChI=1S/C11H11FO4/c12-9-3-1-7(2-4-9)5-8(11(15)16)6-10(13)14/h1-4,8H,5-6H2,(H,13,14)(H,15,16)/t8-/m0/s1. The molecule has 86 valence electrons. The van der Waals surface area contributed by atoms with Crippen molar-refractivity contribution in [2.45, 2.75) is 12.8 Å². The third-order valence-electron chi connectivity index (χ3n) is 2.17. The van der Waals surface area contributed by atoms with Crippen LogP contribution in [0.4, 0.5) is 4.39 Å². The molecule has 0 amide bonds. The van der Waals surface area contributed by atoms with E-state index in [2.05, 4.69) is 0 Å². The number of carbonyl (C=O) groups is 2. The second-order valence-electron chi connectivity index (χ2n) is 3.46. The Hall–Kier alpha value is -1.91. The van der Waals surface area contributed by atoms with Gasteiger partial charge >= 0.3 is 11.9 Å². The van der Waals surface area contributed by atoms with E-state index in [0.717, 1.165) is 0 Å². The molecule has 0 aliphatic carbocycles. The molecule has 0 unspecified atom stereocenters. The minimum absolute atomic E-state index is 0.0852. The predicted octanol–water partition coefficient (Wildman–Crippen LogP) is 1.54. The summed E-state index contributed by atoms with van der Waals surface area (Å²) < 4.78 is 12.6. The van der Waals surface area contributed by atoms with Crippen LogP contribution in [0.3, 0.4) is 0 Å². The summed E-state index contributed by atoms with van der Waals surface area (Å²) in [5, 5.41) is 17.3. The normalized spacial score (nSPS) is 12.1. The summed E-state index contributed by atoms with van der Waals surface area (Å²) >= 11 is 0. The first kappa shape index (κ1) is 12.2. The molecule has 1 rings (SSSR count). The number of benzene rings is 1. The zero-order valence-electron chi connectivity index (χ0n) is 8.39. The molecule has 0 heterocycles. The molecule has 0 aromatic heterocycles. The molecule has 0 bridgehead atoms. The summed E-state index contributed by atoms with van der Waals surface area (Å²) in [7, 11) is 0. The highest BCUT2D eigenvalue weighted by atomic mass is 19.1. The van der Waals surface area contributed by atoms with Gasteiger partial charge in [-0.25, -0.2) is 4.39 Å². The van der Waals surface area contributed by atoms with Crippen molar-refractivity contribution in [2.75, 3.05) is 0 Å². The van der Waals surface area contributed by atoms with E-state index in [9.17, 15) is 14.0 Å². The summed E-state index contributed by atoms with van der Waals surface area (Å²) in [6.07, 6.45) is -0.353. The maximum absolute atomic E-state index is 12.6. The van der Waals surface area contributed by atoms with Crippen molar-refractivity contribution in [1.82, 2.24) is 0 Å². The average Bonchev–Trinajstić information content (AvgIpc) is 2.19. The van der Waals surface area contributed by atoms with Crippen LogP contribution in [0.1, 0.15) is 12.0 Å². The minimum atomic E-state index is -1.16. The van der Waals surface area contributed by atoms with E-state index in [0.29, 0.717) is 5.56 Å². The van der Waals surface area contributed by atoms with Crippen molar-refractivity contribution in [3.8, 4) is 0 Å². The van der Waals surface area contributed by atoms with Gasteiger partial charge in [0, 0.05) is 0 Å². The molecule has 0 aliphatic heterocycles. The zero-order valence-corrected chi connectivity index (χ0v) is 8.39. The Kier molecular flexibility index (Phi) is 3.99.